The predicted molar refractivity (Wildman–Crippen MR) is 116 cm³/mol. The van der Waals surface area contributed by atoms with Crippen LogP contribution in [0.15, 0.2) is 47.8 Å². The van der Waals surface area contributed by atoms with E-state index in [0.717, 1.165) is 5.56 Å². The minimum absolute atomic E-state index is 0.0708. The van der Waals surface area contributed by atoms with Crippen molar-refractivity contribution >= 4 is 51.4 Å². The van der Waals surface area contributed by atoms with Gasteiger partial charge in [0.15, 0.2) is 5.13 Å². The molecule has 0 aliphatic heterocycles. The lowest BCUT2D eigenvalue weighted by Crippen LogP contribution is -2.19. The van der Waals surface area contributed by atoms with E-state index >= 15 is 0 Å². The number of nitrogens with one attached hydrogen (secondary N) is 3. The van der Waals surface area contributed by atoms with Gasteiger partial charge in [-0.25, -0.2) is 9.78 Å². The Kier molecular flexibility index (Phi) is 6.69. The lowest BCUT2D eigenvalue weighted by atomic mass is 10.2. The van der Waals surface area contributed by atoms with E-state index in [-0.39, 0.29) is 12.3 Å². The van der Waals surface area contributed by atoms with Crippen molar-refractivity contribution in [2.45, 2.75) is 13.3 Å². The van der Waals surface area contributed by atoms with Crippen molar-refractivity contribution in [2.24, 2.45) is 0 Å². The van der Waals surface area contributed by atoms with Crippen LogP contribution in [0.5, 0.6) is 5.75 Å². The van der Waals surface area contributed by atoms with Gasteiger partial charge in [0.05, 0.1) is 24.2 Å². The van der Waals surface area contributed by atoms with E-state index in [0.29, 0.717) is 33.0 Å². The second kappa shape index (κ2) is 9.40. The number of urea groups is 1. The van der Waals surface area contributed by atoms with Gasteiger partial charge in [0.2, 0.25) is 5.91 Å². The van der Waals surface area contributed by atoms with Crippen LogP contribution in [0, 0.1) is 6.92 Å². The summed E-state index contributed by atoms with van der Waals surface area (Å²) in [5.41, 5.74) is 2.85. The molecule has 0 saturated carbocycles. The standard InChI is InChI=1S/C20H19ClN4O3S/c1-12-4-3-5-13(8-12)23-19(27)25-20-24-15(11-29-20)10-18(26)22-14-6-7-17(28-2)16(21)9-14/h3-9,11H,10H2,1-2H3,(H,22,26)(H2,23,24,25,27). The summed E-state index contributed by atoms with van der Waals surface area (Å²) >= 11 is 7.31. The Bertz CT molecular complexity index is 1040. The molecular weight excluding hydrogens is 412 g/mol. The maximum Gasteiger partial charge on any atom is 0.325 e. The van der Waals surface area contributed by atoms with Gasteiger partial charge in [-0.2, -0.15) is 0 Å². The summed E-state index contributed by atoms with van der Waals surface area (Å²) in [5.74, 6) is 0.288. The molecular formula is C20H19ClN4O3S. The van der Waals surface area contributed by atoms with Crippen molar-refractivity contribution in [3.05, 3.63) is 64.1 Å². The first-order valence-electron chi connectivity index (χ1n) is 8.65. The van der Waals surface area contributed by atoms with Crippen LogP contribution in [0.4, 0.5) is 21.3 Å². The third-order valence-electron chi connectivity index (χ3n) is 3.83. The van der Waals surface area contributed by atoms with Gasteiger partial charge in [-0.3, -0.25) is 10.1 Å². The molecule has 2 aromatic carbocycles. The third-order valence-corrected chi connectivity index (χ3v) is 4.93. The normalized spacial score (nSPS) is 10.3. The molecule has 29 heavy (non-hydrogen) atoms. The molecule has 0 atom stereocenters. The zero-order valence-corrected chi connectivity index (χ0v) is 17.4. The lowest BCUT2D eigenvalue weighted by Gasteiger charge is -2.07. The monoisotopic (exact) mass is 430 g/mol. The highest BCUT2D eigenvalue weighted by atomic mass is 35.5. The van der Waals surface area contributed by atoms with Crippen LogP contribution in [0.2, 0.25) is 5.02 Å². The van der Waals surface area contributed by atoms with Gasteiger partial charge < -0.3 is 15.4 Å². The third kappa shape index (κ3) is 5.94. The van der Waals surface area contributed by atoms with Crippen molar-refractivity contribution in [3.63, 3.8) is 0 Å². The minimum Gasteiger partial charge on any atom is -0.495 e. The molecule has 0 spiro atoms. The van der Waals surface area contributed by atoms with Gasteiger partial charge >= 0.3 is 6.03 Å². The van der Waals surface area contributed by atoms with Crippen LogP contribution in [0.3, 0.4) is 0 Å². The van der Waals surface area contributed by atoms with Crippen LogP contribution in [0.25, 0.3) is 0 Å². The van der Waals surface area contributed by atoms with E-state index in [2.05, 4.69) is 20.9 Å². The fraction of sp³-hybridized carbons (Fsp3) is 0.150. The number of nitrogens with zero attached hydrogens (tertiary/aromatic N) is 1. The second-order valence-corrected chi connectivity index (χ2v) is 7.43. The van der Waals surface area contributed by atoms with E-state index in [1.165, 1.54) is 18.4 Å². The summed E-state index contributed by atoms with van der Waals surface area (Å²) in [4.78, 5) is 28.6. The Morgan fingerprint density at radius 2 is 1.90 bits per heavy atom. The number of benzene rings is 2. The predicted octanol–water partition coefficient (Wildman–Crippen LogP) is 4.94. The van der Waals surface area contributed by atoms with Crippen molar-refractivity contribution < 1.29 is 14.3 Å². The zero-order chi connectivity index (χ0) is 20.8. The molecule has 3 aromatic rings. The Morgan fingerprint density at radius 3 is 2.62 bits per heavy atom. The molecule has 1 heterocycles. The molecule has 1 aromatic heterocycles. The van der Waals surface area contributed by atoms with E-state index < -0.39 is 6.03 Å². The lowest BCUT2D eigenvalue weighted by molar-refractivity contribution is -0.115. The summed E-state index contributed by atoms with van der Waals surface area (Å²) in [5, 5.41) is 10.7. The average molecular weight is 431 g/mol. The molecule has 0 bridgehead atoms. The van der Waals surface area contributed by atoms with E-state index in [1.807, 2.05) is 25.1 Å². The van der Waals surface area contributed by atoms with Gasteiger partial charge in [0.1, 0.15) is 5.75 Å². The number of carbonyl (C=O) groups is 2. The molecule has 3 N–H and O–H groups in total. The first-order valence-corrected chi connectivity index (χ1v) is 9.91. The molecule has 0 unspecified atom stereocenters. The number of methoxy groups -OCH3 is 1. The number of amides is 3. The van der Waals surface area contributed by atoms with E-state index in [1.54, 1.807) is 29.6 Å². The molecule has 0 aliphatic rings. The molecule has 150 valence electrons. The summed E-state index contributed by atoms with van der Waals surface area (Å²) in [6.45, 7) is 1.95. The number of halogens is 1. The Balaban J connectivity index is 1.53. The second-order valence-electron chi connectivity index (χ2n) is 6.17. The van der Waals surface area contributed by atoms with Gasteiger partial charge in [-0.1, -0.05) is 23.7 Å². The molecule has 0 radical (unpaired) electrons. The molecule has 7 nitrogen and oxygen atoms in total. The first kappa shape index (κ1) is 20.6. The van der Waals surface area contributed by atoms with Crippen molar-refractivity contribution in [1.82, 2.24) is 4.98 Å². The zero-order valence-electron chi connectivity index (χ0n) is 15.8. The van der Waals surface area contributed by atoms with Gasteiger partial charge in [-0.15, -0.1) is 11.3 Å². The summed E-state index contributed by atoms with van der Waals surface area (Å²) < 4.78 is 5.09. The smallest absolute Gasteiger partial charge is 0.325 e. The average Bonchev–Trinajstić information content (AvgIpc) is 3.08. The fourth-order valence-corrected chi connectivity index (χ4v) is 3.50. The van der Waals surface area contributed by atoms with E-state index in [4.69, 9.17) is 16.3 Å². The Hall–Kier alpha value is -3.10. The molecule has 3 amide bonds. The number of ether oxygens (including phenoxy) is 1. The van der Waals surface area contributed by atoms with Crippen molar-refractivity contribution in [3.8, 4) is 5.75 Å². The maximum absolute atomic E-state index is 12.2. The van der Waals surface area contributed by atoms with Crippen molar-refractivity contribution in [1.29, 1.82) is 0 Å². The quantitative estimate of drug-likeness (QED) is 0.516. The topological polar surface area (TPSA) is 92.4 Å². The summed E-state index contributed by atoms with van der Waals surface area (Å²) in [6.07, 6.45) is 0.0708. The van der Waals surface area contributed by atoms with E-state index in [9.17, 15) is 9.59 Å². The number of hydrogen-bond acceptors (Lipinski definition) is 5. The van der Waals surface area contributed by atoms with Crippen LogP contribution in [-0.4, -0.2) is 24.0 Å². The van der Waals surface area contributed by atoms with Gasteiger partial charge in [0, 0.05) is 16.8 Å². The van der Waals surface area contributed by atoms with Crippen LogP contribution >= 0.6 is 22.9 Å². The number of aromatic nitrogens is 1. The molecule has 0 fully saturated rings. The summed E-state index contributed by atoms with van der Waals surface area (Å²) in [7, 11) is 1.52. The maximum atomic E-state index is 12.2. The number of thiazole rings is 1. The van der Waals surface area contributed by atoms with Crippen LogP contribution < -0.4 is 20.7 Å². The SMILES string of the molecule is COc1ccc(NC(=O)Cc2csc(NC(=O)Nc3cccc(C)c3)n2)cc1Cl. The number of anilines is 3. The number of hydrogen-bond donors (Lipinski definition) is 3. The highest BCUT2D eigenvalue weighted by molar-refractivity contribution is 7.14. The van der Waals surface area contributed by atoms with Crippen LogP contribution in [-0.2, 0) is 11.2 Å². The number of rotatable bonds is 6. The van der Waals surface area contributed by atoms with Gasteiger partial charge in [0.25, 0.3) is 0 Å². The first-order chi connectivity index (χ1) is 13.9. The number of carbonyl (C=O) groups excluding carboxylic acids is 2. The minimum atomic E-state index is -0.395. The highest BCUT2D eigenvalue weighted by Crippen LogP contribution is 2.27. The Morgan fingerprint density at radius 1 is 1.10 bits per heavy atom. The summed E-state index contributed by atoms with van der Waals surface area (Å²) in [6, 6.07) is 12.1. The number of aryl methyl sites for hydroxylation is 1. The van der Waals surface area contributed by atoms with Gasteiger partial charge in [-0.05, 0) is 42.8 Å². The molecule has 0 saturated heterocycles. The van der Waals surface area contributed by atoms with Crippen LogP contribution in [0.1, 0.15) is 11.3 Å². The molecule has 3 rings (SSSR count). The largest absolute Gasteiger partial charge is 0.495 e. The Labute approximate surface area is 177 Å². The highest BCUT2D eigenvalue weighted by Gasteiger charge is 2.11. The molecule has 9 heteroatoms. The molecule has 0 aliphatic carbocycles. The fourth-order valence-electron chi connectivity index (χ4n) is 2.54. The van der Waals surface area contributed by atoms with Crippen molar-refractivity contribution in [2.75, 3.05) is 23.1 Å².